The van der Waals surface area contributed by atoms with Crippen LogP contribution in [0.25, 0.3) is 0 Å². The SMILES string of the molecule is CC(=O)O[C@@H]1C(OC(=O)OC(C)(C)C)CN[C@@H]1Cc1ccc(B(O)O)cc1. The molecule has 1 unspecified atom stereocenters. The van der Waals surface area contributed by atoms with Crippen LogP contribution in [0.4, 0.5) is 4.79 Å². The van der Waals surface area contributed by atoms with Crippen LogP contribution in [0.5, 0.6) is 0 Å². The third-order valence-corrected chi connectivity index (χ3v) is 4.02. The minimum Gasteiger partial charge on any atom is -0.457 e. The Bertz CT molecular complexity index is 657. The summed E-state index contributed by atoms with van der Waals surface area (Å²) >= 11 is 0. The molecule has 0 amide bonds. The van der Waals surface area contributed by atoms with E-state index < -0.39 is 37.1 Å². The van der Waals surface area contributed by atoms with Gasteiger partial charge in [0.15, 0.2) is 12.2 Å². The first-order chi connectivity index (χ1) is 12.5. The monoisotopic (exact) mass is 379 g/mol. The van der Waals surface area contributed by atoms with E-state index in [1.54, 1.807) is 45.0 Å². The van der Waals surface area contributed by atoms with E-state index in [0.717, 1.165) is 5.56 Å². The lowest BCUT2D eigenvalue weighted by Gasteiger charge is -2.25. The molecule has 0 aliphatic carbocycles. The number of hydrogen-bond acceptors (Lipinski definition) is 8. The van der Waals surface area contributed by atoms with E-state index >= 15 is 0 Å². The largest absolute Gasteiger partial charge is 0.509 e. The van der Waals surface area contributed by atoms with Crippen LogP contribution in [0, 0.1) is 0 Å². The molecule has 1 fully saturated rings. The van der Waals surface area contributed by atoms with Crippen molar-refractivity contribution in [3.8, 4) is 0 Å². The minimum atomic E-state index is -1.52. The number of carbonyl (C=O) groups excluding carboxylic acids is 2. The number of nitrogens with one attached hydrogen (secondary N) is 1. The van der Waals surface area contributed by atoms with E-state index in [4.69, 9.17) is 24.3 Å². The van der Waals surface area contributed by atoms with Crippen LogP contribution in [0.3, 0.4) is 0 Å². The summed E-state index contributed by atoms with van der Waals surface area (Å²) in [6, 6.07) is 6.51. The second kappa shape index (κ2) is 8.73. The molecule has 3 atom stereocenters. The Morgan fingerprint density at radius 3 is 2.33 bits per heavy atom. The second-order valence-electron chi connectivity index (χ2n) is 7.53. The third kappa shape index (κ3) is 6.53. The molecule has 1 aliphatic heterocycles. The van der Waals surface area contributed by atoms with Crippen LogP contribution in [-0.2, 0) is 25.4 Å². The van der Waals surface area contributed by atoms with Gasteiger partial charge in [0.1, 0.15) is 5.60 Å². The second-order valence-corrected chi connectivity index (χ2v) is 7.53. The van der Waals surface area contributed by atoms with E-state index in [1.807, 2.05) is 0 Å². The van der Waals surface area contributed by atoms with Gasteiger partial charge in [0.05, 0.1) is 6.04 Å². The van der Waals surface area contributed by atoms with Crippen LogP contribution < -0.4 is 10.8 Å². The van der Waals surface area contributed by atoms with E-state index in [9.17, 15) is 9.59 Å². The lowest BCUT2D eigenvalue weighted by atomic mass is 9.80. The summed E-state index contributed by atoms with van der Waals surface area (Å²) < 4.78 is 15.9. The van der Waals surface area contributed by atoms with Crippen LogP contribution in [0.15, 0.2) is 24.3 Å². The van der Waals surface area contributed by atoms with Crippen molar-refractivity contribution in [1.82, 2.24) is 5.32 Å². The van der Waals surface area contributed by atoms with Crippen LogP contribution in [-0.4, -0.2) is 59.7 Å². The lowest BCUT2D eigenvalue weighted by Crippen LogP contribution is -2.40. The van der Waals surface area contributed by atoms with Gasteiger partial charge in [-0.3, -0.25) is 4.79 Å². The first kappa shape index (κ1) is 21.2. The Morgan fingerprint density at radius 2 is 1.81 bits per heavy atom. The van der Waals surface area contributed by atoms with Gasteiger partial charge < -0.3 is 29.6 Å². The maximum atomic E-state index is 12.0. The molecule has 1 aliphatic rings. The number of ether oxygens (including phenoxy) is 3. The summed E-state index contributed by atoms with van der Waals surface area (Å²) in [5.74, 6) is -0.467. The van der Waals surface area contributed by atoms with Crippen molar-refractivity contribution in [3.05, 3.63) is 29.8 Å². The minimum absolute atomic E-state index is 0.258. The number of rotatable bonds is 5. The molecule has 27 heavy (non-hydrogen) atoms. The fraction of sp³-hybridized carbons (Fsp3) is 0.556. The summed E-state index contributed by atoms with van der Waals surface area (Å²) in [5.41, 5.74) is 0.617. The third-order valence-electron chi connectivity index (χ3n) is 4.02. The molecule has 0 aromatic heterocycles. The van der Waals surface area contributed by atoms with Gasteiger partial charge in [0, 0.05) is 13.5 Å². The summed E-state index contributed by atoms with van der Waals surface area (Å²) in [4.78, 5) is 23.5. The molecule has 0 radical (unpaired) electrons. The molecule has 8 nitrogen and oxygen atoms in total. The highest BCUT2D eigenvalue weighted by Crippen LogP contribution is 2.21. The maximum Gasteiger partial charge on any atom is 0.509 e. The fourth-order valence-corrected chi connectivity index (χ4v) is 2.88. The van der Waals surface area contributed by atoms with Crippen LogP contribution in [0.1, 0.15) is 33.3 Å². The predicted molar refractivity (Wildman–Crippen MR) is 98.4 cm³/mol. The zero-order valence-electron chi connectivity index (χ0n) is 16.0. The molecule has 1 aromatic carbocycles. The summed E-state index contributed by atoms with van der Waals surface area (Å²) in [5, 5.41) is 21.5. The molecule has 1 aromatic rings. The van der Waals surface area contributed by atoms with Gasteiger partial charge in [0.2, 0.25) is 0 Å². The van der Waals surface area contributed by atoms with Crippen molar-refractivity contribution in [2.75, 3.05) is 6.54 Å². The first-order valence-corrected chi connectivity index (χ1v) is 8.80. The van der Waals surface area contributed by atoms with Gasteiger partial charge in [-0.25, -0.2) is 4.79 Å². The van der Waals surface area contributed by atoms with Gasteiger partial charge in [-0.1, -0.05) is 24.3 Å². The number of esters is 1. The van der Waals surface area contributed by atoms with Crippen molar-refractivity contribution >= 4 is 24.7 Å². The Hall–Kier alpha value is -2.10. The number of benzene rings is 1. The quantitative estimate of drug-likeness (QED) is 0.489. The molecule has 0 spiro atoms. The van der Waals surface area contributed by atoms with Crippen molar-refractivity contribution in [2.24, 2.45) is 0 Å². The van der Waals surface area contributed by atoms with E-state index in [-0.39, 0.29) is 6.04 Å². The Morgan fingerprint density at radius 1 is 1.19 bits per heavy atom. The molecule has 148 valence electrons. The molecule has 2 rings (SSSR count). The van der Waals surface area contributed by atoms with Gasteiger partial charge in [-0.05, 0) is 38.2 Å². The molecule has 3 N–H and O–H groups in total. The standard InChI is InChI=1S/C18H26BNO7/c1-11(21)25-16-14(9-12-5-7-13(8-6-12)19(23)24)20-10-15(16)26-17(22)27-18(2,3)4/h5-8,14-16,20,23-24H,9-10H2,1-4H3/t14-,15?,16+/m1/s1. The van der Waals surface area contributed by atoms with Gasteiger partial charge in [-0.2, -0.15) is 0 Å². The van der Waals surface area contributed by atoms with Crippen molar-refractivity contribution < 1.29 is 33.8 Å². The number of carbonyl (C=O) groups is 2. The van der Waals surface area contributed by atoms with Gasteiger partial charge >= 0.3 is 19.2 Å². The van der Waals surface area contributed by atoms with E-state index in [2.05, 4.69) is 5.32 Å². The average Bonchev–Trinajstić information content (AvgIpc) is 2.87. The number of hydrogen-bond donors (Lipinski definition) is 3. The topological polar surface area (TPSA) is 114 Å². The zero-order chi connectivity index (χ0) is 20.2. The van der Waals surface area contributed by atoms with E-state index in [1.165, 1.54) is 6.92 Å². The van der Waals surface area contributed by atoms with Gasteiger partial charge in [0.25, 0.3) is 0 Å². The van der Waals surface area contributed by atoms with Crippen LogP contribution in [0.2, 0.25) is 0 Å². The molecular formula is C18H26BNO7. The summed E-state index contributed by atoms with van der Waals surface area (Å²) in [6.45, 7) is 6.84. The summed E-state index contributed by atoms with van der Waals surface area (Å²) in [7, 11) is -1.52. The Balaban J connectivity index is 2.05. The highest BCUT2D eigenvalue weighted by Gasteiger charge is 2.41. The molecule has 0 saturated carbocycles. The molecular weight excluding hydrogens is 353 g/mol. The fourth-order valence-electron chi connectivity index (χ4n) is 2.88. The zero-order valence-corrected chi connectivity index (χ0v) is 16.0. The lowest BCUT2D eigenvalue weighted by molar-refractivity contribution is -0.152. The Kier molecular flexibility index (Phi) is 6.86. The predicted octanol–water partition coefficient (Wildman–Crippen LogP) is 0.133. The molecule has 0 bridgehead atoms. The Labute approximate surface area is 158 Å². The van der Waals surface area contributed by atoms with E-state index in [0.29, 0.717) is 18.4 Å². The van der Waals surface area contributed by atoms with Crippen molar-refractivity contribution in [2.45, 2.75) is 58.0 Å². The average molecular weight is 379 g/mol. The molecule has 9 heteroatoms. The normalized spacial score (nSPS) is 22.2. The summed E-state index contributed by atoms with van der Waals surface area (Å²) in [6.07, 6.45) is -1.62. The maximum absolute atomic E-state index is 12.0. The molecule has 1 saturated heterocycles. The highest BCUT2D eigenvalue weighted by molar-refractivity contribution is 6.58. The van der Waals surface area contributed by atoms with Crippen molar-refractivity contribution in [3.63, 3.8) is 0 Å². The smallest absolute Gasteiger partial charge is 0.457 e. The van der Waals surface area contributed by atoms with Crippen LogP contribution >= 0.6 is 0 Å². The highest BCUT2D eigenvalue weighted by atomic mass is 16.7. The van der Waals surface area contributed by atoms with Crippen molar-refractivity contribution in [1.29, 1.82) is 0 Å². The molecule has 1 heterocycles. The first-order valence-electron chi connectivity index (χ1n) is 8.80. The van der Waals surface area contributed by atoms with Gasteiger partial charge in [-0.15, -0.1) is 0 Å².